The van der Waals surface area contributed by atoms with Gasteiger partial charge in [-0.25, -0.2) is 0 Å². The van der Waals surface area contributed by atoms with Gasteiger partial charge in [-0.2, -0.15) is 26.3 Å². The van der Waals surface area contributed by atoms with E-state index in [-0.39, 0.29) is 16.8 Å². The van der Waals surface area contributed by atoms with Gasteiger partial charge in [-0.3, -0.25) is 0 Å². The highest BCUT2D eigenvalue weighted by atomic mass is 31.2. The van der Waals surface area contributed by atoms with Gasteiger partial charge in [0.05, 0.1) is 11.1 Å². The highest BCUT2D eigenvalue weighted by Crippen LogP contribution is 2.46. The van der Waals surface area contributed by atoms with Gasteiger partial charge in [-0.1, -0.05) is 45.0 Å². The minimum atomic E-state index is -4.56. The number of nitrogens with two attached hydrogens (primary N) is 1. The van der Waals surface area contributed by atoms with Crippen molar-refractivity contribution in [3.8, 4) is 0 Å². The van der Waals surface area contributed by atoms with Crippen LogP contribution in [0.5, 0.6) is 0 Å². The van der Waals surface area contributed by atoms with Crippen LogP contribution in [0.3, 0.4) is 0 Å². The lowest BCUT2D eigenvalue weighted by atomic mass is 9.89. The first-order valence-electron chi connectivity index (χ1n) is 8.75. The van der Waals surface area contributed by atoms with Gasteiger partial charge in [0.25, 0.3) is 0 Å². The number of alkyl halides is 6. The average molecular weight is 437 g/mol. The minimum Gasteiger partial charge on any atom is -0.327 e. The molecule has 0 spiro atoms. The Labute approximate surface area is 165 Å². The predicted molar refractivity (Wildman–Crippen MR) is 102 cm³/mol. The van der Waals surface area contributed by atoms with Crippen LogP contribution in [0.1, 0.15) is 31.9 Å². The molecule has 160 valence electrons. The lowest BCUT2D eigenvalue weighted by Gasteiger charge is -2.31. The molecule has 0 aromatic heterocycles. The van der Waals surface area contributed by atoms with E-state index in [1.54, 1.807) is 0 Å². The third kappa shape index (κ3) is 5.43. The molecular weight excluding hydrogens is 415 g/mol. The molecule has 29 heavy (non-hydrogen) atoms. The van der Waals surface area contributed by atoms with Crippen molar-refractivity contribution in [2.45, 2.75) is 39.2 Å². The van der Waals surface area contributed by atoms with E-state index in [0.717, 1.165) is 48.5 Å². The lowest BCUT2D eigenvalue weighted by molar-refractivity contribution is -0.138. The van der Waals surface area contributed by atoms with E-state index >= 15 is 0 Å². The molecule has 0 saturated carbocycles. The van der Waals surface area contributed by atoms with Gasteiger partial charge in [0.2, 0.25) is 0 Å². The predicted octanol–water partition coefficient (Wildman–Crippen LogP) is 5.41. The number of hydrogen-bond acceptors (Lipinski definition) is 2. The summed E-state index contributed by atoms with van der Waals surface area (Å²) in [5, 5.41) is 0.231. The van der Waals surface area contributed by atoms with Crippen LogP contribution in [0.25, 0.3) is 0 Å². The normalized spacial score (nSPS) is 14.7. The van der Waals surface area contributed by atoms with Crippen molar-refractivity contribution in [2.24, 2.45) is 11.1 Å². The second-order valence-electron chi connectivity index (χ2n) is 7.98. The zero-order valence-electron chi connectivity index (χ0n) is 16.1. The Morgan fingerprint density at radius 1 is 0.759 bits per heavy atom. The molecule has 0 aliphatic rings. The second kappa shape index (κ2) is 7.80. The first-order valence-corrected chi connectivity index (χ1v) is 10.6. The summed E-state index contributed by atoms with van der Waals surface area (Å²) in [5.41, 5.74) is 3.91. The van der Waals surface area contributed by atoms with E-state index in [9.17, 15) is 30.9 Å². The number of benzene rings is 2. The molecular formula is C20H22F6NOP. The fraction of sp³-hybridized carbons (Fsp3) is 0.400. The average Bonchev–Trinajstić information content (AvgIpc) is 2.59. The first-order chi connectivity index (χ1) is 13.0. The third-order valence-electron chi connectivity index (χ3n) is 4.79. The summed E-state index contributed by atoms with van der Waals surface area (Å²) in [6, 6.07) is 7.09. The summed E-state index contributed by atoms with van der Waals surface area (Å²) in [7, 11) is -3.58. The summed E-state index contributed by atoms with van der Waals surface area (Å²) in [6.45, 7) is 5.46. The molecule has 0 aliphatic carbocycles. The van der Waals surface area contributed by atoms with Crippen LogP contribution in [0, 0.1) is 5.41 Å². The molecule has 0 fully saturated rings. The Bertz CT molecular complexity index is 818. The Morgan fingerprint density at radius 2 is 1.07 bits per heavy atom. The van der Waals surface area contributed by atoms with E-state index in [0.29, 0.717) is 0 Å². The van der Waals surface area contributed by atoms with Crippen molar-refractivity contribution in [1.82, 2.24) is 0 Å². The molecule has 2 N–H and O–H groups in total. The Hall–Kier alpha value is -1.79. The van der Waals surface area contributed by atoms with Crippen molar-refractivity contribution in [1.29, 1.82) is 0 Å². The summed E-state index contributed by atoms with van der Waals surface area (Å²) in [5.74, 6) is 0. The fourth-order valence-electron chi connectivity index (χ4n) is 2.69. The summed E-state index contributed by atoms with van der Waals surface area (Å²) >= 11 is 0. The molecule has 9 heteroatoms. The van der Waals surface area contributed by atoms with Crippen LogP contribution in [0.15, 0.2) is 48.5 Å². The zero-order valence-corrected chi connectivity index (χ0v) is 17.0. The van der Waals surface area contributed by atoms with Crippen molar-refractivity contribution in [2.75, 3.05) is 6.16 Å². The maximum absolute atomic E-state index is 14.0. The highest BCUT2D eigenvalue weighted by molar-refractivity contribution is 7.78. The quantitative estimate of drug-likeness (QED) is 0.513. The van der Waals surface area contributed by atoms with Gasteiger partial charge in [-0.05, 0) is 29.7 Å². The van der Waals surface area contributed by atoms with Crippen molar-refractivity contribution in [3.05, 3.63) is 59.7 Å². The first kappa shape index (κ1) is 23.5. The molecule has 0 saturated heterocycles. The molecule has 0 bridgehead atoms. The van der Waals surface area contributed by atoms with Crippen LogP contribution < -0.4 is 16.3 Å². The minimum absolute atomic E-state index is 0.0901. The molecule has 0 aliphatic heterocycles. The van der Waals surface area contributed by atoms with E-state index in [1.165, 1.54) is 0 Å². The molecule has 2 aromatic carbocycles. The SMILES string of the molecule is CC(C)(C)[C@H](N)CP(=O)(c1ccc(C(F)(F)F)cc1)c1ccc(C(F)(F)F)cc1. The van der Waals surface area contributed by atoms with Gasteiger partial charge in [0, 0.05) is 22.8 Å². The topological polar surface area (TPSA) is 43.1 Å². The second-order valence-corrected chi connectivity index (χ2v) is 10.9. The molecule has 2 aromatic rings. The Morgan fingerprint density at radius 3 is 1.31 bits per heavy atom. The fourth-order valence-corrected chi connectivity index (χ4v) is 5.78. The number of halogens is 6. The van der Waals surface area contributed by atoms with Crippen LogP contribution in [-0.4, -0.2) is 12.2 Å². The summed E-state index contributed by atoms with van der Waals surface area (Å²) in [6.07, 6.45) is -9.20. The standard InChI is InChI=1S/C20H22F6NOP/c1-18(2,3)17(27)12-29(28,15-8-4-13(5-9-15)19(21,22)23)16-10-6-14(7-11-16)20(24,25)26/h4-11,17H,12,27H2,1-3H3/t17-/m1/s1. The summed E-state index contributed by atoms with van der Waals surface area (Å²) in [4.78, 5) is 0. The van der Waals surface area contributed by atoms with Crippen molar-refractivity contribution < 1.29 is 30.9 Å². The molecule has 2 rings (SSSR count). The van der Waals surface area contributed by atoms with Crippen LogP contribution in [-0.2, 0) is 16.9 Å². The van der Waals surface area contributed by atoms with Gasteiger partial charge in [0.15, 0.2) is 0 Å². The smallest absolute Gasteiger partial charge is 0.327 e. The van der Waals surface area contributed by atoms with Crippen LogP contribution >= 0.6 is 7.14 Å². The zero-order chi connectivity index (χ0) is 22.3. The van der Waals surface area contributed by atoms with E-state index in [4.69, 9.17) is 5.73 Å². The number of hydrogen-bond donors (Lipinski definition) is 1. The summed E-state index contributed by atoms with van der Waals surface area (Å²) < 4.78 is 91.1. The van der Waals surface area contributed by atoms with E-state index in [1.807, 2.05) is 20.8 Å². The van der Waals surface area contributed by atoms with Gasteiger partial charge in [0.1, 0.15) is 7.14 Å². The third-order valence-corrected chi connectivity index (χ3v) is 7.96. The monoisotopic (exact) mass is 437 g/mol. The molecule has 0 heterocycles. The maximum atomic E-state index is 14.0. The number of rotatable bonds is 4. The largest absolute Gasteiger partial charge is 0.416 e. The Balaban J connectivity index is 2.56. The molecule has 1 atom stereocenters. The van der Waals surface area contributed by atoms with Crippen molar-refractivity contribution in [3.63, 3.8) is 0 Å². The van der Waals surface area contributed by atoms with Crippen LogP contribution in [0.4, 0.5) is 26.3 Å². The van der Waals surface area contributed by atoms with E-state index < -0.39 is 42.1 Å². The lowest BCUT2D eigenvalue weighted by Crippen LogP contribution is -2.40. The van der Waals surface area contributed by atoms with E-state index in [2.05, 4.69) is 0 Å². The maximum Gasteiger partial charge on any atom is 0.416 e. The van der Waals surface area contributed by atoms with Gasteiger partial charge < -0.3 is 10.3 Å². The van der Waals surface area contributed by atoms with Crippen molar-refractivity contribution >= 4 is 17.8 Å². The molecule has 0 unspecified atom stereocenters. The van der Waals surface area contributed by atoms with Gasteiger partial charge >= 0.3 is 12.4 Å². The highest BCUT2D eigenvalue weighted by Gasteiger charge is 2.37. The molecule has 2 nitrogen and oxygen atoms in total. The van der Waals surface area contributed by atoms with Gasteiger partial charge in [-0.15, -0.1) is 0 Å². The molecule has 0 radical (unpaired) electrons. The Kier molecular flexibility index (Phi) is 6.32. The molecule has 0 amide bonds. The van der Waals surface area contributed by atoms with Crippen LogP contribution in [0.2, 0.25) is 0 Å².